The minimum absolute atomic E-state index is 0.0881. The summed E-state index contributed by atoms with van der Waals surface area (Å²) in [6.45, 7) is 2.47. The third-order valence-corrected chi connectivity index (χ3v) is 22.3. The zero-order valence-electron chi connectivity index (χ0n) is 76.6. The molecule has 18 heteroatoms. The first kappa shape index (κ1) is 116. The molecule has 4 N–H and O–H groups in total. The first-order valence-corrected chi connectivity index (χ1v) is 51.4. The summed E-state index contributed by atoms with van der Waals surface area (Å²) >= 11 is 0. The number of ether oxygens (including phenoxy) is 3. The first-order valence-electron chi connectivity index (χ1n) is 48.4. The summed E-state index contributed by atoms with van der Waals surface area (Å²) in [6.07, 6.45) is 123. The fourth-order valence-electron chi connectivity index (χ4n) is 13.1. The molecule has 0 aliphatic carbocycles. The van der Waals surface area contributed by atoms with E-state index in [4.69, 9.17) is 32.3 Å². The van der Waals surface area contributed by atoms with Crippen LogP contribution in [0.3, 0.4) is 0 Å². The smallest absolute Gasteiger partial charge is 0.463 e. The summed E-state index contributed by atoms with van der Waals surface area (Å²) in [4.78, 5) is 59.1. The number of allylic oxidation sites excluding steroid dienone is 28. The Kier molecular flexibility index (Phi) is 90.1. The number of phosphoric ester groups is 2. The van der Waals surface area contributed by atoms with Crippen LogP contribution in [0.15, 0.2) is 170 Å². The molecule has 5 atom stereocenters. The maximum atomic E-state index is 13.1. The number of hydrogen-bond donors (Lipinski definition) is 4. The number of carbonyl (C=O) groups is 3. The highest BCUT2D eigenvalue weighted by atomic mass is 31.2. The van der Waals surface area contributed by atoms with Crippen LogP contribution < -0.4 is 0 Å². The van der Waals surface area contributed by atoms with Crippen LogP contribution in [0.2, 0.25) is 0 Å². The molecule has 0 aliphatic rings. The van der Waals surface area contributed by atoms with E-state index in [1.807, 2.05) is 0 Å². The van der Waals surface area contributed by atoms with Crippen molar-refractivity contribution in [1.82, 2.24) is 0 Å². The monoisotopic (exact) mass is 1730 g/mol. The molecule has 0 fully saturated rings. The molecule has 16 nitrogen and oxygen atoms in total. The number of hydrogen-bond acceptors (Lipinski definition) is 14. The zero-order chi connectivity index (χ0) is 87.9. The number of esters is 3. The van der Waals surface area contributed by atoms with Crippen molar-refractivity contribution >= 4 is 33.6 Å². The second-order valence-corrected chi connectivity index (χ2v) is 35.0. The lowest BCUT2D eigenvalue weighted by Crippen LogP contribution is -2.30. The van der Waals surface area contributed by atoms with Crippen LogP contribution in [0.4, 0.5) is 0 Å². The van der Waals surface area contributed by atoms with E-state index >= 15 is 0 Å². The lowest BCUT2D eigenvalue weighted by Gasteiger charge is -2.21. The van der Waals surface area contributed by atoms with Crippen LogP contribution in [-0.4, -0.2) is 95.9 Å². The molecular weight excluding hydrogens is 1560 g/mol. The van der Waals surface area contributed by atoms with Crippen molar-refractivity contribution in [1.29, 1.82) is 0 Å². The Morgan fingerprint density at radius 3 is 0.694 bits per heavy atom. The third kappa shape index (κ3) is 95.4. The fraction of sp³-hybridized carbons (Fsp3) is 0.699. The van der Waals surface area contributed by atoms with Crippen molar-refractivity contribution in [3.05, 3.63) is 170 Å². The lowest BCUT2D eigenvalue weighted by molar-refractivity contribution is -0.161. The number of aliphatic hydroxyl groups is 2. The summed E-state index contributed by atoms with van der Waals surface area (Å²) in [5, 5.41) is 20.8. The lowest BCUT2D eigenvalue weighted by atomic mass is 10.0. The van der Waals surface area contributed by atoms with E-state index in [9.17, 15) is 43.5 Å². The van der Waals surface area contributed by atoms with Crippen LogP contribution in [0.5, 0.6) is 0 Å². The first-order chi connectivity index (χ1) is 59.2. The number of rotatable bonds is 91. The van der Waals surface area contributed by atoms with Crippen molar-refractivity contribution in [2.45, 2.75) is 424 Å². The van der Waals surface area contributed by atoms with Gasteiger partial charge >= 0.3 is 33.6 Å². The molecule has 0 aromatic carbocycles. The standard InChI is InChI=1S/C103H176O16P2/c1-4-7-10-13-16-19-22-25-28-31-34-37-40-42-44-45-46-47-48-49-50-51-53-55-57-59-62-65-68-71-74-77-80-83-86-89-101(106)113-92-98(104)93-115-120(109,110)116-94-99(105)95-117-121(111,112)118-97-100(119-103(108)91-88-85-82-79-76-73-70-67-64-61-56-39-36-33-30-27-24-21-18-15-12-9-6-3)96-114-102(107)90-87-84-81-78-75-72-69-66-63-60-58-54-52-43-41-38-35-32-29-26-23-20-17-14-11-8-5-2/h7-8,10-11,16-21,25-30,34-39,42-44,52,61,64,98-100,104-105H,4-6,9,12-15,22-24,31-33,40-41,45-51,53-60,62-63,65-97H2,1-3H3,(H,109,110)(H,111,112)/b10-7-,11-8-,19-16-,20-17-,21-18-,28-25-,29-26-,30-27-,37-34-,38-35-,39-36-,44-42-,52-43-,64-61-. The van der Waals surface area contributed by atoms with Gasteiger partial charge in [0.15, 0.2) is 6.10 Å². The predicted molar refractivity (Wildman–Crippen MR) is 509 cm³/mol. The van der Waals surface area contributed by atoms with Gasteiger partial charge in [-0.1, -0.05) is 403 Å². The minimum atomic E-state index is -4.95. The van der Waals surface area contributed by atoms with Gasteiger partial charge in [0.2, 0.25) is 0 Å². The quantitative estimate of drug-likeness (QED) is 0.0146. The number of phosphoric acid groups is 2. The number of aliphatic hydroxyl groups excluding tert-OH is 2. The van der Waals surface area contributed by atoms with Gasteiger partial charge in [-0.05, 0) is 154 Å². The van der Waals surface area contributed by atoms with Gasteiger partial charge in [-0.15, -0.1) is 0 Å². The highest BCUT2D eigenvalue weighted by Gasteiger charge is 2.30. The van der Waals surface area contributed by atoms with Crippen molar-refractivity contribution < 1.29 is 75.8 Å². The highest BCUT2D eigenvalue weighted by molar-refractivity contribution is 7.47. The molecule has 0 aromatic heterocycles. The van der Waals surface area contributed by atoms with E-state index in [2.05, 4.69) is 191 Å². The van der Waals surface area contributed by atoms with Crippen molar-refractivity contribution in [2.24, 2.45) is 0 Å². The molecule has 0 saturated heterocycles. The minimum Gasteiger partial charge on any atom is -0.463 e. The van der Waals surface area contributed by atoms with Gasteiger partial charge in [0, 0.05) is 19.3 Å². The Bertz CT molecular complexity index is 2880. The molecular formula is C103H176O16P2. The Hall–Kier alpha value is -5.09. The van der Waals surface area contributed by atoms with Gasteiger partial charge in [0.25, 0.3) is 0 Å². The molecule has 0 aliphatic heterocycles. The number of unbranched alkanes of at least 4 members (excludes halogenated alkanes) is 40. The van der Waals surface area contributed by atoms with E-state index in [0.29, 0.717) is 19.3 Å². The molecule has 0 bridgehead atoms. The van der Waals surface area contributed by atoms with Gasteiger partial charge in [0.1, 0.15) is 25.4 Å². The summed E-state index contributed by atoms with van der Waals surface area (Å²) in [7, 11) is -9.82. The average molecular weight is 1730 g/mol. The Morgan fingerprint density at radius 1 is 0.240 bits per heavy atom. The topological polar surface area (TPSA) is 231 Å². The highest BCUT2D eigenvalue weighted by Crippen LogP contribution is 2.45. The molecule has 0 amide bonds. The van der Waals surface area contributed by atoms with E-state index in [-0.39, 0.29) is 19.3 Å². The van der Waals surface area contributed by atoms with Gasteiger partial charge in [-0.25, -0.2) is 9.13 Å². The Morgan fingerprint density at radius 2 is 0.438 bits per heavy atom. The molecule has 0 aromatic rings. The molecule has 0 heterocycles. The maximum Gasteiger partial charge on any atom is 0.472 e. The third-order valence-electron chi connectivity index (χ3n) is 20.4. The average Bonchev–Trinajstić information content (AvgIpc) is 0.870. The fourth-order valence-corrected chi connectivity index (χ4v) is 14.7. The van der Waals surface area contributed by atoms with Gasteiger partial charge < -0.3 is 34.2 Å². The van der Waals surface area contributed by atoms with E-state index < -0.39 is 91.5 Å². The molecule has 694 valence electrons. The summed E-state index contributed by atoms with van der Waals surface area (Å²) in [5.41, 5.74) is 0. The summed E-state index contributed by atoms with van der Waals surface area (Å²) < 4.78 is 61.6. The Labute approximate surface area is 739 Å². The molecule has 0 saturated carbocycles. The second kappa shape index (κ2) is 94.1. The second-order valence-electron chi connectivity index (χ2n) is 32.1. The van der Waals surface area contributed by atoms with Gasteiger partial charge in [0.05, 0.1) is 26.4 Å². The molecule has 5 unspecified atom stereocenters. The van der Waals surface area contributed by atoms with Crippen molar-refractivity contribution in [3.63, 3.8) is 0 Å². The van der Waals surface area contributed by atoms with E-state index in [0.717, 1.165) is 180 Å². The molecule has 121 heavy (non-hydrogen) atoms. The molecule has 0 rings (SSSR count). The SMILES string of the molecule is CC/C=C\C/C=C\C/C=C\C/C=C\C/C=C\CCCCCCCCCCCCCCCCCCCCCC(=O)OCC(O)COP(=O)(O)OCC(O)COP(=O)(O)OCC(COC(=O)CCCCCCCCCCCCC/C=C\C/C=C\C/C=C\C/C=C\C/C=C\CC)OC(=O)CCCCCCCCC/C=C\C/C=C\C/C=C\C/C=C\CCCCC. The summed E-state index contributed by atoms with van der Waals surface area (Å²) in [6, 6.07) is 0. The molecule has 0 spiro atoms. The van der Waals surface area contributed by atoms with Crippen LogP contribution >= 0.6 is 15.6 Å². The summed E-state index contributed by atoms with van der Waals surface area (Å²) in [5.74, 6) is -1.58. The van der Waals surface area contributed by atoms with Gasteiger partial charge in [-0.3, -0.25) is 32.5 Å². The Balaban J connectivity index is 4.56. The normalized spacial score (nSPS) is 14.5. The number of carbonyl (C=O) groups excluding carboxylic acids is 3. The van der Waals surface area contributed by atoms with Crippen molar-refractivity contribution in [2.75, 3.05) is 39.6 Å². The van der Waals surface area contributed by atoms with Crippen LogP contribution in [0, 0.1) is 0 Å². The zero-order valence-corrected chi connectivity index (χ0v) is 78.4. The van der Waals surface area contributed by atoms with Crippen LogP contribution in [-0.2, 0) is 55.8 Å². The van der Waals surface area contributed by atoms with Crippen LogP contribution in [0.25, 0.3) is 0 Å². The van der Waals surface area contributed by atoms with Crippen molar-refractivity contribution in [3.8, 4) is 0 Å². The van der Waals surface area contributed by atoms with E-state index in [1.165, 1.54) is 167 Å². The largest absolute Gasteiger partial charge is 0.472 e. The predicted octanol–water partition coefficient (Wildman–Crippen LogP) is 30.2. The molecule has 0 radical (unpaired) electrons. The van der Waals surface area contributed by atoms with Crippen LogP contribution in [0.1, 0.15) is 406 Å². The van der Waals surface area contributed by atoms with Gasteiger partial charge in [-0.2, -0.15) is 0 Å². The van der Waals surface area contributed by atoms with E-state index in [1.54, 1.807) is 0 Å². The maximum absolute atomic E-state index is 13.1.